The molecule has 1 aliphatic heterocycles. The van der Waals surface area contributed by atoms with Gasteiger partial charge in [-0.05, 0) is 61.7 Å². The number of likely N-dealkylation sites (tertiary alicyclic amines) is 1. The standard InChI is InChI=1S/C31H30N2O6/c1-3-38-22-13-14-24(26(17-22)39-4-2)29(35)27-28(19-9-11-21(34)12-10-19)33(31(37)30(27)36)16-15-20-18-32-25-8-6-5-7-23(20)25/h5-14,17-18,28,32,34-35H,3-4,15-16H2,1-2H3/b29-27+. The Balaban J connectivity index is 1.58. The van der Waals surface area contributed by atoms with Gasteiger partial charge in [-0.1, -0.05) is 30.3 Å². The van der Waals surface area contributed by atoms with Crippen molar-refractivity contribution in [2.75, 3.05) is 19.8 Å². The molecule has 1 amide bonds. The van der Waals surface area contributed by atoms with Crippen LogP contribution in [-0.4, -0.2) is 51.5 Å². The number of hydrogen-bond donors (Lipinski definition) is 3. The average Bonchev–Trinajstić information content (AvgIpc) is 3.46. The summed E-state index contributed by atoms with van der Waals surface area (Å²) in [5, 5.41) is 22.5. The first-order valence-corrected chi connectivity index (χ1v) is 12.9. The summed E-state index contributed by atoms with van der Waals surface area (Å²) < 4.78 is 11.3. The molecule has 1 fully saturated rings. The summed E-state index contributed by atoms with van der Waals surface area (Å²) in [5.74, 6) is -0.839. The number of para-hydroxylation sites is 1. The minimum absolute atomic E-state index is 0.0327. The zero-order valence-corrected chi connectivity index (χ0v) is 21.8. The first-order chi connectivity index (χ1) is 18.9. The maximum absolute atomic E-state index is 13.5. The van der Waals surface area contributed by atoms with Crippen molar-refractivity contribution in [1.29, 1.82) is 0 Å². The number of ketones is 1. The Labute approximate surface area is 226 Å². The minimum atomic E-state index is -0.850. The highest BCUT2D eigenvalue weighted by Crippen LogP contribution is 2.42. The number of aliphatic hydroxyl groups excluding tert-OH is 1. The Hall–Kier alpha value is -4.72. The van der Waals surface area contributed by atoms with Gasteiger partial charge in [0.1, 0.15) is 23.0 Å². The van der Waals surface area contributed by atoms with Crippen molar-refractivity contribution in [3.63, 3.8) is 0 Å². The molecule has 1 aromatic heterocycles. The number of aliphatic hydroxyl groups is 1. The average molecular weight is 527 g/mol. The lowest BCUT2D eigenvalue weighted by molar-refractivity contribution is -0.139. The van der Waals surface area contributed by atoms with E-state index in [0.717, 1.165) is 16.5 Å². The lowest BCUT2D eigenvalue weighted by Crippen LogP contribution is -2.31. The van der Waals surface area contributed by atoms with E-state index in [4.69, 9.17) is 9.47 Å². The van der Waals surface area contributed by atoms with Crippen LogP contribution in [0.15, 0.2) is 78.5 Å². The number of aromatic amines is 1. The van der Waals surface area contributed by atoms with Crippen LogP contribution < -0.4 is 9.47 Å². The van der Waals surface area contributed by atoms with E-state index in [1.807, 2.05) is 44.3 Å². The Kier molecular flexibility index (Phi) is 7.27. The number of aromatic hydroxyl groups is 1. The molecule has 0 radical (unpaired) electrons. The summed E-state index contributed by atoms with van der Waals surface area (Å²) in [5.41, 5.74) is 2.86. The number of rotatable bonds is 9. The van der Waals surface area contributed by atoms with Crippen molar-refractivity contribution in [1.82, 2.24) is 9.88 Å². The van der Waals surface area contributed by atoms with E-state index >= 15 is 0 Å². The van der Waals surface area contributed by atoms with Crippen molar-refractivity contribution >= 4 is 28.4 Å². The summed E-state index contributed by atoms with van der Waals surface area (Å²) in [6, 6.07) is 18.3. The topological polar surface area (TPSA) is 112 Å². The maximum atomic E-state index is 13.5. The number of Topliss-reactive ketones (excluding diaryl/α,β-unsaturated/α-hetero) is 1. The predicted molar refractivity (Wildman–Crippen MR) is 148 cm³/mol. The van der Waals surface area contributed by atoms with Crippen molar-refractivity contribution in [2.24, 2.45) is 0 Å². The Morgan fingerprint density at radius 2 is 1.72 bits per heavy atom. The molecule has 200 valence electrons. The number of phenols is 1. The summed E-state index contributed by atoms with van der Waals surface area (Å²) in [6.45, 7) is 4.72. The predicted octanol–water partition coefficient (Wildman–Crippen LogP) is 5.34. The molecule has 5 rings (SSSR count). The van der Waals surface area contributed by atoms with Gasteiger partial charge in [-0.2, -0.15) is 0 Å². The molecule has 4 aromatic rings. The van der Waals surface area contributed by atoms with Gasteiger partial charge in [0.25, 0.3) is 11.7 Å². The lowest BCUT2D eigenvalue weighted by Gasteiger charge is -2.25. The second-order valence-electron chi connectivity index (χ2n) is 9.22. The minimum Gasteiger partial charge on any atom is -0.508 e. The van der Waals surface area contributed by atoms with E-state index < -0.39 is 17.7 Å². The van der Waals surface area contributed by atoms with E-state index in [9.17, 15) is 19.8 Å². The molecule has 3 N–H and O–H groups in total. The van der Waals surface area contributed by atoms with Gasteiger partial charge in [-0.25, -0.2) is 0 Å². The molecule has 0 bridgehead atoms. The largest absolute Gasteiger partial charge is 0.508 e. The van der Waals surface area contributed by atoms with Crippen LogP contribution in [0.3, 0.4) is 0 Å². The number of fused-ring (bicyclic) bond motifs is 1. The molecule has 0 spiro atoms. The van der Waals surface area contributed by atoms with Gasteiger partial charge in [0, 0.05) is 29.7 Å². The van der Waals surface area contributed by atoms with Gasteiger partial charge >= 0.3 is 0 Å². The lowest BCUT2D eigenvalue weighted by atomic mass is 9.94. The number of aromatic nitrogens is 1. The van der Waals surface area contributed by atoms with Crippen LogP contribution in [0.4, 0.5) is 0 Å². The number of carbonyl (C=O) groups excluding carboxylic acids is 2. The van der Waals surface area contributed by atoms with E-state index in [0.29, 0.717) is 42.3 Å². The number of amides is 1. The Morgan fingerprint density at radius 3 is 2.46 bits per heavy atom. The van der Waals surface area contributed by atoms with E-state index in [1.165, 1.54) is 17.0 Å². The molecule has 1 saturated heterocycles. The molecular formula is C31H30N2O6. The van der Waals surface area contributed by atoms with Gasteiger partial charge in [0.05, 0.1) is 30.4 Å². The highest BCUT2D eigenvalue weighted by atomic mass is 16.5. The normalized spacial score (nSPS) is 16.7. The second-order valence-corrected chi connectivity index (χ2v) is 9.22. The third-order valence-corrected chi connectivity index (χ3v) is 6.86. The molecule has 1 aliphatic rings. The van der Waals surface area contributed by atoms with Gasteiger partial charge in [0.2, 0.25) is 0 Å². The third-order valence-electron chi connectivity index (χ3n) is 6.86. The van der Waals surface area contributed by atoms with E-state index in [-0.39, 0.29) is 23.6 Å². The molecule has 0 aliphatic carbocycles. The summed E-state index contributed by atoms with van der Waals surface area (Å²) >= 11 is 0. The summed E-state index contributed by atoms with van der Waals surface area (Å²) in [4.78, 5) is 31.6. The monoisotopic (exact) mass is 526 g/mol. The number of hydrogen-bond acceptors (Lipinski definition) is 6. The molecule has 0 saturated carbocycles. The molecule has 1 atom stereocenters. The second kappa shape index (κ2) is 10.9. The van der Waals surface area contributed by atoms with Crippen molar-refractivity contribution in [2.45, 2.75) is 26.3 Å². The fourth-order valence-electron chi connectivity index (χ4n) is 5.07. The summed E-state index contributed by atoms with van der Waals surface area (Å²) in [7, 11) is 0. The fraction of sp³-hybridized carbons (Fsp3) is 0.226. The van der Waals surface area contributed by atoms with Gasteiger partial charge in [-0.15, -0.1) is 0 Å². The summed E-state index contributed by atoms with van der Waals surface area (Å²) in [6.07, 6.45) is 2.41. The number of nitrogens with zero attached hydrogens (tertiary/aromatic N) is 1. The van der Waals surface area contributed by atoms with Crippen molar-refractivity contribution in [3.8, 4) is 17.2 Å². The molecule has 3 aromatic carbocycles. The first-order valence-electron chi connectivity index (χ1n) is 12.9. The molecule has 8 heteroatoms. The molecule has 8 nitrogen and oxygen atoms in total. The maximum Gasteiger partial charge on any atom is 0.295 e. The Bertz CT molecular complexity index is 1550. The highest BCUT2D eigenvalue weighted by molar-refractivity contribution is 6.46. The van der Waals surface area contributed by atoms with E-state index in [1.54, 1.807) is 30.3 Å². The Morgan fingerprint density at radius 1 is 0.974 bits per heavy atom. The number of carbonyl (C=O) groups is 2. The van der Waals surface area contributed by atoms with Crippen LogP contribution in [0.25, 0.3) is 16.7 Å². The van der Waals surface area contributed by atoms with Crippen LogP contribution in [0, 0.1) is 0 Å². The number of nitrogens with one attached hydrogen (secondary N) is 1. The van der Waals surface area contributed by atoms with E-state index in [2.05, 4.69) is 4.98 Å². The number of H-pyrrole nitrogens is 1. The number of ether oxygens (including phenoxy) is 2. The number of phenolic OH excluding ortho intramolecular Hbond substituents is 1. The number of benzene rings is 3. The zero-order valence-electron chi connectivity index (χ0n) is 21.8. The van der Waals surface area contributed by atoms with Crippen LogP contribution in [-0.2, 0) is 16.0 Å². The third kappa shape index (κ3) is 4.93. The smallest absolute Gasteiger partial charge is 0.295 e. The van der Waals surface area contributed by atoms with Crippen molar-refractivity contribution < 1.29 is 29.3 Å². The van der Waals surface area contributed by atoms with Crippen LogP contribution in [0.1, 0.15) is 36.6 Å². The van der Waals surface area contributed by atoms with Crippen LogP contribution >= 0.6 is 0 Å². The molecule has 2 heterocycles. The van der Waals surface area contributed by atoms with Gasteiger partial charge in [0.15, 0.2) is 0 Å². The van der Waals surface area contributed by atoms with Crippen molar-refractivity contribution in [3.05, 3.63) is 95.2 Å². The molecular weight excluding hydrogens is 496 g/mol. The molecule has 1 unspecified atom stereocenters. The molecule has 39 heavy (non-hydrogen) atoms. The van der Waals surface area contributed by atoms with Crippen LogP contribution in [0.2, 0.25) is 0 Å². The zero-order chi connectivity index (χ0) is 27.5. The van der Waals surface area contributed by atoms with Gasteiger partial charge in [-0.3, -0.25) is 9.59 Å². The highest BCUT2D eigenvalue weighted by Gasteiger charge is 2.46. The SMILES string of the molecule is CCOc1ccc(/C(O)=C2\C(=O)C(=O)N(CCc3c[nH]c4ccccc34)C2c2ccc(O)cc2)c(OCC)c1. The fourth-order valence-corrected chi connectivity index (χ4v) is 5.07. The van der Waals surface area contributed by atoms with Crippen LogP contribution in [0.5, 0.6) is 17.2 Å². The van der Waals surface area contributed by atoms with Gasteiger partial charge < -0.3 is 29.6 Å². The first kappa shape index (κ1) is 25.9. The quantitative estimate of drug-likeness (QED) is 0.154.